The number of aliphatic hydroxyl groups excluding tert-OH is 4. The molecule has 0 aromatic carbocycles. The Labute approximate surface area is 105 Å². The second-order valence-electron chi connectivity index (χ2n) is 5.49. The summed E-state index contributed by atoms with van der Waals surface area (Å²) in [5.74, 6) is -1.10. The zero-order chi connectivity index (χ0) is 14.5. The van der Waals surface area contributed by atoms with E-state index in [1.54, 1.807) is 0 Å². The second-order valence-corrected chi connectivity index (χ2v) is 5.49. The van der Waals surface area contributed by atoms with E-state index >= 15 is 0 Å². The summed E-state index contributed by atoms with van der Waals surface area (Å²) in [6, 6.07) is 0. The van der Waals surface area contributed by atoms with Gasteiger partial charge in [-0.15, -0.1) is 0 Å². The lowest BCUT2D eigenvalue weighted by atomic mass is 9.94. The van der Waals surface area contributed by atoms with Gasteiger partial charge in [-0.05, 0) is 33.3 Å². The number of hydrogen-bond acceptors (Lipinski definition) is 6. The van der Waals surface area contributed by atoms with Crippen LogP contribution in [-0.2, 0) is 4.79 Å². The molecule has 0 amide bonds. The summed E-state index contributed by atoms with van der Waals surface area (Å²) in [6.45, 7) is 5.88. The SMILES string of the molecule is CC(C)=C(O)[C@@H](O)[C@@H](O)[C@H](O)[C@]1(O)C(=O)C1(C)C. The van der Waals surface area contributed by atoms with Crippen LogP contribution in [0.4, 0.5) is 0 Å². The van der Waals surface area contributed by atoms with Gasteiger partial charge in [0.2, 0.25) is 0 Å². The minimum Gasteiger partial charge on any atom is -0.510 e. The lowest BCUT2D eigenvalue weighted by Crippen LogP contribution is -2.49. The van der Waals surface area contributed by atoms with Crippen LogP contribution < -0.4 is 0 Å². The van der Waals surface area contributed by atoms with Crippen molar-refractivity contribution in [2.75, 3.05) is 0 Å². The molecule has 0 spiro atoms. The Morgan fingerprint density at radius 1 is 1.17 bits per heavy atom. The molecule has 0 bridgehead atoms. The fourth-order valence-electron chi connectivity index (χ4n) is 2.01. The maximum Gasteiger partial charge on any atom is 0.177 e. The molecule has 0 aromatic rings. The largest absolute Gasteiger partial charge is 0.510 e. The monoisotopic (exact) mass is 260 g/mol. The quantitative estimate of drug-likeness (QED) is 0.425. The van der Waals surface area contributed by atoms with Crippen molar-refractivity contribution in [2.24, 2.45) is 5.41 Å². The van der Waals surface area contributed by atoms with E-state index in [9.17, 15) is 30.3 Å². The molecule has 104 valence electrons. The van der Waals surface area contributed by atoms with Crippen LogP contribution in [0.15, 0.2) is 11.3 Å². The Morgan fingerprint density at radius 3 is 1.83 bits per heavy atom. The van der Waals surface area contributed by atoms with E-state index < -0.39 is 40.9 Å². The standard InChI is InChI=1S/C12H20O6/c1-5(2)6(13)7(14)8(15)9(16)12(18)10(17)11(12,3)4/h7-9,13-16,18H,1-4H3/t7-,8-,9+,12+/m1/s1. The van der Waals surface area contributed by atoms with Crippen molar-refractivity contribution >= 4 is 5.78 Å². The smallest absolute Gasteiger partial charge is 0.177 e. The lowest BCUT2D eigenvalue weighted by Gasteiger charge is -2.27. The zero-order valence-electron chi connectivity index (χ0n) is 10.9. The molecule has 6 nitrogen and oxygen atoms in total. The Morgan fingerprint density at radius 2 is 1.56 bits per heavy atom. The third-order valence-corrected chi connectivity index (χ3v) is 3.67. The van der Waals surface area contributed by atoms with Gasteiger partial charge < -0.3 is 25.5 Å². The molecule has 6 heteroatoms. The van der Waals surface area contributed by atoms with Gasteiger partial charge in [0.05, 0.1) is 5.41 Å². The normalized spacial score (nSPS) is 30.6. The van der Waals surface area contributed by atoms with E-state index in [0.717, 1.165) is 0 Å². The molecule has 0 heterocycles. The van der Waals surface area contributed by atoms with Crippen molar-refractivity contribution in [1.29, 1.82) is 0 Å². The van der Waals surface area contributed by atoms with Crippen molar-refractivity contribution in [3.63, 3.8) is 0 Å². The summed E-state index contributed by atoms with van der Waals surface area (Å²) in [7, 11) is 0. The minimum atomic E-state index is -2.09. The Kier molecular flexibility index (Phi) is 3.62. The summed E-state index contributed by atoms with van der Waals surface area (Å²) in [4.78, 5) is 11.5. The van der Waals surface area contributed by atoms with Crippen LogP contribution in [0.1, 0.15) is 27.7 Å². The molecule has 5 N–H and O–H groups in total. The minimum absolute atomic E-state index is 0.363. The van der Waals surface area contributed by atoms with Crippen LogP contribution >= 0.6 is 0 Å². The predicted molar refractivity (Wildman–Crippen MR) is 62.8 cm³/mol. The molecule has 1 aliphatic rings. The first-order chi connectivity index (χ1) is 7.99. The van der Waals surface area contributed by atoms with Gasteiger partial charge >= 0.3 is 0 Å². The van der Waals surface area contributed by atoms with Crippen molar-refractivity contribution in [1.82, 2.24) is 0 Å². The van der Waals surface area contributed by atoms with Crippen molar-refractivity contribution < 1.29 is 30.3 Å². The first kappa shape index (κ1) is 15.1. The Hall–Kier alpha value is -0.950. The average molecular weight is 260 g/mol. The molecule has 1 fully saturated rings. The third kappa shape index (κ3) is 1.85. The highest BCUT2D eigenvalue weighted by Crippen LogP contribution is 2.54. The first-order valence-electron chi connectivity index (χ1n) is 5.67. The molecule has 0 aromatic heterocycles. The van der Waals surface area contributed by atoms with Crippen LogP contribution in [0.2, 0.25) is 0 Å². The molecule has 0 saturated heterocycles. The molecule has 0 aliphatic heterocycles. The molecule has 1 rings (SSSR count). The van der Waals surface area contributed by atoms with Gasteiger partial charge in [-0.25, -0.2) is 0 Å². The molecular weight excluding hydrogens is 240 g/mol. The highest BCUT2D eigenvalue weighted by Gasteiger charge is 2.76. The fraction of sp³-hybridized carbons (Fsp3) is 0.750. The van der Waals surface area contributed by atoms with Crippen LogP contribution in [0, 0.1) is 5.41 Å². The van der Waals surface area contributed by atoms with Crippen molar-refractivity contribution in [3.8, 4) is 0 Å². The molecular formula is C12H20O6. The maximum absolute atomic E-state index is 11.5. The van der Waals surface area contributed by atoms with Crippen molar-refractivity contribution in [2.45, 2.75) is 51.6 Å². The molecule has 18 heavy (non-hydrogen) atoms. The number of allylic oxidation sites excluding steroid dienone is 1. The number of Topliss-reactive ketones (excluding diaryl/α,β-unsaturated/α-hetero) is 1. The summed E-state index contributed by atoms with van der Waals surface area (Å²) in [6.07, 6.45) is -5.47. The molecule has 1 saturated carbocycles. The van der Waals surface area contributed by atoms with Crippen LogP contribution in [0.3, 0.4) is 0 Å². The Balaban J connectivity index is 2.91. The maximum atomic E-state index is 11.5. The second kappa shape index (κ2) is 4.31. The highest BCUT2D eigenvalue weighted by atomic mass is 16.4. The van der Waals surface area contributed by atoms with E-state index in [4.69, 9.17) is 0 Å². The third-order valence-electron chi connectivity index (χ3n) is 3.67. The molecule has 1 aliphatic carbocycles. The molecule has 0 unspecified atom stereocenters. The molecule has 4 atom stereocenters. The van der Waals surface area contributed by atoms with Gasteiger partial charge in [0.15, 0.2) is 11.4 Å². The van der Waals surface area contributed by atoms with Crippen LogP contribution in [0.25, 0.3) is 0 Å². The number of aliphatic hydroxyl groups is 5. The number of hydrogen-bond donors (Lipinski definition) is 5. The van der Waals surface area contributed by atoms with E-state index in [1.165, 1.54) is 27.7 Å². The van der Waals surface area contributed by atoms with Crippen LogP contribution in [-0.4, -0.2) is 55.2 Å². The molecule has 0 radical (unpaired) electrons. The summed E-state index contributed by atoms with van der Waals surface area (Å²) in [5, 5.41) is 48.6. The lowest BCUT2D eigenvalue weighted by molar-refractivity contribution is -0.137. The van der Waals surface area contributed by atoms with Gasteiger partial charge in [0, 0.05) is 0 Å². The summed E-state index contributed by atoms with van der Waals surface area (Å²) in [5.41, 5.74) is -2.90. The van der Waals surface area contributed by atoms with Gasteiger partial charge in [-0.1, -0.05) is 0 Å². The van der Waals surface area contributed by atoms with Gasteiger partial charge in [0.25, 0.3) is 0 Å². The van der Waals surface area contributed by atoms with Gasteiger partial charge in [0.1, 0.15) is 24.1 Å². The topological polar surface area (TPSA) is 118 Å². The fourth-order valence-corrected chi connectivity index (χ4v) is 2.01. The van der Waals surface area contributed by atoms with Crippen LogP contribution in [0.5, 0.6) is 0 Å². The van der Waals surface area contributed by atoms with E-state index in [1.807, 2.05) is 0 Å². The number of ketones is 1. The summed E-state index contributed by atoms with van der Waals surface area (Å²) >= 11 is 0. The van der Waals surface area contributed by atoms with Crippen molar-refractivity contribution in [3.05, 3.63) is 11.3 Å². The highest BCUT2D eigenvalue weighted by molar-refractivity contribution is 6.11. The van der Waals surface area contributed by atoms with Gasteiger partial charge in [-0.3, -0.25) is 4.79 Å². The van der Waals surface area contributed by atoms with E-state index in [2.05, 4.69) is 0 Å². The van der Waals surface area contributed by atoms with Gasteiger partial charge in [-0.2, -0.15) is 0 Å². The predicted octanol–water partition coefficient (Wildman–Crippen LogP) is -0.739. The number of rotatable bonds is 4. The number of carbonyl (C=O) groups is 1. The van der Waals surface area contributed by atoms with E-state index in [0.29, 0.717) is 5.57 Å². The Bertz CT molecular complexity index is 395. The average Bonchev–Trinajstić information content (AvgIpc) is 2.70. The summed E-state index contributed by atoms with van der Waals surface area (Å²) < 4.78 is 0. The number of carbonyl (C=O) groups excluding carboxylic acids is 1. The first-order valence-corrected chi connectivity index (χ1v) is 5.67. The van der Waals surface area contributed by atoms with E-state index in [-0.39, 0.29) is 0 Å². The zero-order valence-corrected chi connectivity index (χ0v) is 10.9.